The summed E-state index contributed by atoms with van der Waals surface area (Å²) in [4.78, 5) is 18.7. The Morgan fingerprint density at radius 1 is 1.12 bits per heavy atom. The van der Waals surface area contributed by atoms with E-state index in [1.807, 2.05) is 42.6 Å². The number of rotatable bonds is 3. The number of hydrogen-bond acceptors (Lipinski definition) is 3. The van der Waals surface area contributed by atoms with Gasteiger partial charge in [0, 0.05) is 42.9 Å². The average Bonchev–Trinajstić information content (AvgIpc) is 3.29. The number of carbonyl (C=O) groups excluding carboxylic acids is 1. The summed E-state index contributed by atoms with van der Waals surface area (Å²) < 4.78 is 1.70. The van der Waals surface area contributed by atoms with Gasteiger partial charge in [-0.3, -0.25) is 4.90 Å². The molecule has 0 fully saturated rings. The van der Waals surface area contributed by atoms with Crippen molar-refractivity contribution >= 4 is 11.7 Å². The van der Waals surface area contributed by atoms with E-state index in [0.717, 1.165) is 23.5 Å². The van der Waals surface area contributed by atoms with Gasteiger partial charge in [-0.1, -0.05) is 24.3 Å². The van der Waals surface area contributed by atoms with Crippen LogP contribution >= 0.6 is 0 Å². The fourth-order valence-electron chi connectivity index (χ4n) is 2.98. The van der Waals surface area contributed by atoms with E-state index in [-0.39, 0.29) is 6.03 Å². The number of fused-ring (bicyclic) bond motifs is 1. The highest BCUT2D eigenvalue weighted by atomic mass is 16.2. The summed E-state index contributed by atoms with van der Waals surface area (Å²) in [6.07, 6.45) is 6.16. The fourth-order valence-corrected chi connectivity index (χ4v) is 2.98. The molecule has 6 heteroatoms. The van der Waals surface area contributed by atoms with Crippen molar-refractivity contribution in [3.05, 3.63) is 72.2 Å². The molecule has 0 aliphatic carbocycles. The minimum absolute atomic E-state index is 0.0878. The Hall–Kier alpha value is -3.15. The van der Waals surface area contributed by atoms with Crippen molar-refractivity contribution in [1.82, 2.24) is 20.1 Å². The predicted octanol–water partition coefficient (Wildman–Crippen LogP) is 2.54. The van der Waals surface area contributed by atoms with Gasteiger partial charge in [0.1, 0.15) is 0 Å². The van der Waals surface area contributed by atoms with Gasteiger partial charge in [0.2, 0.25) is 0 Å². The Kier molecular flexibility index (Phi) is 3.70. The lowest BCUT2D eigenvalue weighted by Gasteiger charge is -2.18. The molecule has 4 rings (SSSR count). The van der Waals surface area contributed by atoms with Crippen LogP contribution in [-0.4, -0.2) is 27.3 Å². The monoisotopic (exact) mass is 319 g/mol. The maximum atomic E-state index is 12.6. The zero-order chi connectivity index (χ0) is 16.4. The first-order valence-corrected chi connectivity index (χ1v) is 7.90. The Bertz CT molecular complexity index is 859. The number of para-hydroxylation sites is 1. The van der Waals surface area contributed by atoms with E-state index in [1.54, 1.807) is 22.0 Å². The molecule has 1 aromatic carbocycles. The van der Waals surface area contributed by atoms with Crippen LogP contribution in [0.3, 0.4) is 0 Å². The van der Waals surface area contributed by atoms with Crippen molar-refractivity contribution in [2.75, 3.05) is 11.4 Å². The smallest absolute Gasteiger partial charge is 0.322 e. The molecule has 1 aliphatic rings. The number of urea groups is 1. The highest BCUT2D eigenvalue weighted by molar-refractivity contribution is 5.94. The number of nitrogens with zero attached hydrogens (tertiary/aromatic N) is 4. The third-order valence-corrected chi connectivity index (χ3v) is 4.15. The molecule has 24 heavy (non-hydrogen) atoms. The quantitative estimate of drug-likeness (QED) is 0.807. The van der Waals surface area contributed by atoms with Crippen LogP contribution in [0.25, 0.3) is 5.82 Å². The summed E-state index contributed by atoms with van der Waals surface area (Å²) in [6.45, 7) is 1.12. The molecule has 0 spiro atoms. The third kappa shape index (κ3) is 2.62. The topological polar surface area (TPSA) is 63.1 Å². The van der Waals surface area contributed by atoms with Gasteiger partial charge < -0.3 is 5.32 Å². The summed E-state index contributed by atoms with van der Waals surface area (Å²) in [5, 5.41) is 7.20. The number of pyridine rings is 1. The first-order chi connectivity index (χ1) is 11.8. The number of nitrogens with one attached hydrogen (secondary N) is 1. The van der Waals surface area contributed by atoms with Crippen LogP contribution in [0.15, 0.2) is 61.1 Å². The van der Waals surface area contributed by atoms with Crippen molar-refractivity contribution in [3.8, 4) is 5.82 Å². The number of amides is 2. The van der Waals surface area contributed by atoms with Crippen molar-refractivity contribution in [3.63, 3.8) is 0 Å². The van der Waals surface area contributed by atoms with E-state index in [1.165, 1.54) is 5.56 Å². The highest BCUT2D eigenvalue weighted by Gasteiger charge is 2.24. The Morgan fingerprint density at radius 3 is 2.92 bits per heavy atom. The molecule has 6 nitrogen and oxygen atoms in total. The minimum atomic E-state index is -0.0878. The van der Waals surface area contributed by atoms with Gasteiger partial charge in [-0.15, -0.1) is 0 Å². The van der Waals surface area contributed by atoms with E-state index in [0.29, 0.717) is 13.1 Å². The first-order valence-electron chi connectivity index (χ1n) is 7.90. The molecule has 0 saturated carbocycles. The van der Waals surface area contributed by atoms with Crippen molar-refractivity contribution < 1.29 is 4.79 Å². The SMILES string of the molecule is O=C(NCc1cccnc1-n1cccn1)N1CCc2ccccc21. The molecule has 120 valence electrons. The molecule has 3 heterocycles. The fraction of sp³-hybridized carbons (Fsp3) is 0.167. The molecule has 0 unspecified atom stereocenters. The summed E-state index contributed by atoms with van der Waals surface area (Å²) in [6, 6.07) is 13.6. The number of aromatic nitrogens is 3. The first kappa shape index (κ1) is 14.4. The summed E-state index contributed by atoms with van der Waals surface area (Å²) in [5.74, 6) is 0.727. The van der Waals surface area contributed by atoms with Gasteiger partial charge in [-0.05, 0) is 30.2 Å². The summed E-state index contributed by atoms with van der Waals surface area (Å²) in [7, 11) is 0. The van der Waals surface area contributed by atoms with Crippen molar-refractivity contribution in [2.24, 2.45) is 0 Å². The van der Waals surface area contributed by atoms with Crippen LogP contribution in [0, 0.1) is 0 Å². The van der Waals surface area contributed by atoms with Gasteiger partial charge >= 0.3 is 6.03 Å². The van der Waals surface area contributed by atoms with Gasteiger partial charge in [0.05, 0.1) is 0 Å². The molecule has 1 aliphatic heterocycles. The number of hydrogen-bond donors (Lipinski definition) is 1. The van der Waals surface area contributed by atoms with E-state index in [2.05, 4.69) is 21.5 Å². The maximum absolute atomic E-state index is 12.6. The normalized spacial score (nSPS) is 12.9. The molecule has 0 atom stereocenters. The molecule has 1 N–H and O–H groups in total. The van der Waals surface area contributed by atoms with Gasteiger partial charge in [0.25, 0.3) is 0 Å². The summed E-state index contributed by atoms with van der Waals surface area (Å²) >= 11 is 0. The molecular weight excluding hydrogens is 302 g/mol. The van der Waals surface area contributed by atoms with Crippen LogP contribution < -0.4 is 10.2 Å². The van der Waals surface area contributed by atoms with Crippen LogP contribution in [0.1, 0.15) is 11.1 Å². The van der Waals surface area contributed by atoms with Crippen molar-refractivity contribution in [2.45, 2.75) is 13.0 Å². The third-order valence-electron chi connectivity index (χ3n) is 4.15. The lowest BCUT2D eigenvalue weighted by molar-refractivity contribution is 0.246. The second-order valence-corrected chi connectivity index (χ2v) is 5.63. The van der Waals surface area contributed by atoms with Crippen molar-refractivity contribution in [1.29, 1.82) is 0 Å². The lowest BCUT2D eigenvalue weighted by atomic mass is 10.2. The minimum Gasteiger partial charge on any atom is -0.333 e. The van der Waals surface area contributed by atoms with Crippen LogP contribution in [0.2, 0.25) is 0 Å². The second-order valence-electron chi connectivity index (χ2n) is 5.63. The molecule has 0 bridgehead atoms. The van der Waals surface area contributed by atoms with Gasteiger partial charge in [-0.2, -0.15) is 5.10 Å². The lowest BCUT2D eigenvalue weighted by Crippen LogP contribution is -2.38. The van der Waals surface area contributed by atoms with E-state index >= 15 is 0 Å². The molecule has 3 aromatic rings. The standard InChI is InChI=1S/C18H17N5O/c24-18(22-12-8-14-5-1-2-7-16(14)22)20-13-15-6-3-9-19-17(15)23-11-4-10-21-23/h1-7,9-11H,8,12-13H2,(H,20,24). The molecule has 2 amide bonds. The van der Waals surface area contributed by atoms with Gasteiger partial charge in [-0.25, -0.2) is 14.5 Å². The maximum Gasteiger partial charge on any atom is 0.322 e. The predicted molar refractivity (Wildman–Crippen MR) is 91.1 cm³/mol. The highest BCUT2D eigenvalue weighted by Crippen LogP contribution is 2.27. The van der Waals surface area contributed by atoms with E-state index < -0.39 is 0 Å². The zero-order valence-electron chi connectivity index (χ0n) is 13.1. The largest absolute Gasteiger partial charge is 0.333 e. The number of carbonyl (C=O) groups is 1. The van der Waals surface area contributed by atoms with Crippen LogP contribution in [0.5, 0.6) is 0 Å². The molecule has 2 aromatic heterocycles. The Morgan fingerprint density at radius 2 is 2.04 bits per heavy atom. The van der Waals surface area contributed by atoms with Crippen LogP contribution in [-0.2, 0) is 13.0 Å². The van der Waals surface area contributed by atoms with Gasteiger partial charge in [0.15, 0.2) is 5.82 Å². The number of benzene rings is 1. The molecular formula is C18H17N5O. The Balaban J connectivity index is 1.50. The zero-order valence-corrected chi connectivity index (χ0v) is 13.1. The molecule has 0 radical (unpaired) electrons. The average molecular weight is 319 g/mol. The Labute approximate surface area is 139 Å². The second kappa shape index (κ2) is 6.16. The van der Waals surface area contributed by atoms with E-state index in [9.17, 15) is 4.79 Å². The van der Waals surface area contributed by atoms with E-state index in [4.69, 9.17) is 0 Å². The van der Waals surface area contributed by atoms with Crippen LogP contribution in [0.4, 0.5) is 10.5 Å². The number of anilines is 1. The molecule has 0 saturated heterocycles. The summed E-state index contributed by atoms with van der Waals surface area (Å²) in [5.41, 5.74) is 3.13.